The minimum absolute atomic E-state index is 0.574. The van der Waals surface area contributed by atoms with E-state index in [1.54, 1.807) is 0 Å². The number of hydrogen-bond acceptors (Lipinski definition) is 3. The van der Waals surface area contributed by atoms with Crippen molar-refractivity contribution < 1.29 is 0 Å². The van der Waals surface area contributed by atoms with Gasteiger partial charge in [-0.25, -0.2) is 0 Å². The van der Waals surface area contributed by atoms with Crippen LogP contribution < -0.4 is 10.6 Å². The average Bonchev–Trinajstić information content (AvgIpc) is 3.20. The fourth-order valence-electron chi connectivity index (χ4n) is 9.49. The Bertz CT molecular complexity index is 616. The Balaban J connectivity index is 1.28. The molecule has 182 valence electrons. The molecule has 4 heteroatoms. The molecule has 32 heavy (non-hydrogen) atoms. The molecule has 0 aromatic rings. The van der Waals surface area contributed by atoms with Gasteiger partial charge in [0.25, 0.3) is 0 Å². The normalized spacial score (nSPS) is 47.2. The molecule has 6 aliphatic rings. The second-order valence-electron chi connectivity index (χ2n) is 12.5. The zero-order chi connectivity index (χ0) is 21.5. The van der Waals surface area contributed by atoms with Gasteiger partial charge in [-0.05, 0) is 75.0 Å². The predicted molar refractivity (Wildman–Crippen MR) is 137 cm³/mol. The highest BCUT2D eigenvalue weighted by molar-refractivity contribution is 9.09. The number of likely N-dealkylation sites (tertiary alicyclic amines) is 1. The molecule has 8 unspecified atom stereocenters. The molecule has 4 aliphatic carbocycles. The molecule has 4 saturated carbocycles. The largest absolute Gasteiger partial charge is 0.300 e. The number of alkyl halides is 1. The van der Waals surface area contributed by atoms with Crippen molar-refractivity contribution in [3.8, 4) is 0 Å². The first kappa shape index (κ1) is 22.8. The van der Waals surface area contributed by atoms with E-state index in [2.05, 4.69) is 31.5 Å². The van der Waals surface area contributed by atoms with Crippen LogP contribution >= 0.6 is 15.9 Å². The molecule has 2 aliphatic heterocycles. The average molecular weight is 507 g/mol. The molecule has 8 atom stereocenters. The Labute approximate surface area is 205 Å². The van der Waals surface area contributed by atoms with Gasteiger partial charge in [-0.2, -0.15) is 0 Å². The van der Waals surface area contributed by atoms with Crippen LogP contribution in [0.2, 0.25) is 0 Å². The van der Waals surface area contributed by atoms with E-state index in [0.29, 0.717) is 18.2 Å². The molecular formula is C28H48BrN3. The third-order valence-electron chi connectivity index (χ3n) is 10.9. The lowest BCUT2D eigenvalue weighted by Gasteiger charge is -2.52. The Morgan fingerprint density at radius 2 is 1.25 bits per heavy atom. The van der Waals surface area contributed by atoms with E-state index in [1.807, 2.05) is 0 Å². The van der Waals surface area contributed by atoms with E-state index >= 15 is 0 Å². The molecule has 0 aromatic carbocycles. The Morgan fingerprint density at radius 3 is 2.03 bits per heavy atom. The van der Waals surface area contributed by atoms with Crippen LogP contribution in [0.15, 0.2) is 0 Å². The number of hydrogen-bond donors (Lipinski definition) is 2. The highest BCUT2D eigenvalue weighted by Gasteiger charge is 2.56. The van der Waals surface area contributed by atoms with Crippen molar-refractivity contribution in [3.05, 3.63) is 0 Å². The summed E-state index contributed by atoms with van der Waals surface area (Å²) >= 11 is 4.24. The van der Waals surface area contributed by atoms with Gasteiger partial charge in [-0.15, -0.1) is 0 Å². The second kappa shape index (κ2) is 10.2. The van der Waals surface area contributed by atoms with Crippen LogP contribution in [0.5, 0.6) is 0 Å². The van der Waals surface area contributed by atoms with Gasteiger partial charge in [-0.1, -0.05) is 73.7 Å². The van der Waals surface area contributed by atoms with Gasteiger partial charge in [0.1, 0.15) is 0 Å². The topological polar surface area (TPSA) is 27.3 Å². The minimum Gasteiger partial charge on any atom is -0.300 e. The summed E-state index contributed by atoms with van der Waals surface area (Å²) in [5.74, 6) is 3.71. The third kappa shape index (κ3) is 4.26. The lowest BCUT2D eigenvalue weighted by molar-refractivity contribution is 0.0107. The lowest BCUT2D eigenvalue weighted by Crippen LogP contribution is -2.71. The lowest BCUT2D eigenvalue weighted by atomic mass is 9.73. The van der Waals surface area contributed by atoms with Crippen molar-refractivity contribution in [1.29, 1.82) is 0 Å². The van der Waals surface area contributed by atoms with Gasteiger partial charge in [0.2, 0.25) is 0 Å². The van der Waals surface area contributed by atoms with Crippen LogP contribution in [0, 0.1) is 23.7 Å². The first-order valence-corrected chi connectivity index (χ1v) is 15.6. The van der Waals surface area contributed by atoms with Crippen molar-refractivity contribution in [3.63, 3.8) is 0 Å². The summed E-state index contributed by atoms with van der Waals surface area (Å²) in [7, 11) is 0. The van der Waals surface area contributed by atoms with Crippen molar-refractivity contribution in [2.75, 3.05) is 6.54 Å². The van der Waals surface area contributed by atoms with Crippen molar-refractivity contribution in [1.82, 2.24) is 15.5 Å². The standard InChI is InChI=1S/C28H48BrN3/c29-23-16-9-15-22-21-14-7-8-17-24(21)32(27(22)23)25-18-30-28(20-12-5-2-6-13-20)31-26(25)19-10-3-1-4-11-19/h19-28,30-31H,1-18H2. The van der Waals surface area contributed by atoms with Crippen molar-refractivity contribution in [2.24, 2.45) is 23.7 Å². The summed E-state index contributed by atoms with van der Waals surface area (Å²) in [6.07, 6.45) is 25.4. The molecule has 0 spiro atoms. The number of nitrogens with one attached hydrogen (secondary N) is 2. The fourth-order valence-corrected chi connectivity index (χ4v) is 10.5. The highest BCUT2D eigenvalue weighted by Crippen LogP contribution is 2.52. The van der Waals surface area contributed by atoms with E-state index < -0.39 is 0 Å². The molecule has 3 nitrogen and oxygen atoms in total. The monoisotopic (exact) mass is 505 g/mol. The maximum Gasteiger partial charge on any atom is 0.0604 e. The Morgan fingerprint density at radius 1 is 0.594 bits per heavy atom. The molecule has 0 radical (unpaired) electrons. The molecule has 0 amide bonds. The van der Waals surface area contributed by atoms with Crippen LogP contribution in [0.25, 0.3) is 0 Å². The van der Waals surface area contributed by atoms with Crippen molar-refractivity contribution in [2.45, 2.75) is 144 Å². The highest BCUT2D eigenvalue weighted by atomic mass is 79.9. The Hall–Kier alpha value is 0.360. The minimum atomic E-state index is 0.574. The van der Waals surface area contributed by atoms with Gasteiger partial charge >= 0.3 is 0 Å². The summed E-state index contributed by atoms with van der Waals surface area (Å²) in [4.78, 5) is 3.89. The molecular weight excluding hydrogens is 458 g/mol. The summed E-state index contributed by atoms with van der Waals surface area (Å²) in [5, 5.41) is 8.48. The third-order valence-corrected chi connectivity index (χ3v) is 11.9. The molecule has 2 heterocycles. The smallest absolute Gasteiger partial charge is 0.0604 e. The van der Waals surface area contributed by atoms with Crippen LogP contribution in [-0.2, 0) is 0 Å². The number of halogens is 1. The number of rotatable bonds is 3. The quantitative estimate of drug-likeness (QED) is 0.446. The molecule has 2 N–H and O–H groups in total. The SMILES string of the molecule is BrC1CCCC2C3CCCCC3N(C3CNC(C4CCCCC4)NC3C3CCCCC3)C12. The van der Waals surface area contributed by atoms with Gasteiger partial charge in [0.15, 0.2) is 0 Å². The zero-order valence-corrected chi connectivity index (χ0v) is 21.9. The first-order valence-electron chi connectivity index (χ1n) is 14.7. The second-order valence-corrected chi connectivity index (χ2v) is 13.7. The summed E-state index contributed by atoms with van der Waals surface area (Å²) in [5.41, 5.74) is 0. The molecule has 0 aromatic heterocycles. The molecule has 6 fully saturated rings. The van der Waals surface area contributed by atoms with Crippen LogP contribution in [0.3, 0.4) is 0 Å². The van der Waals surface area contributed by atoms with Gasteiger partial charge < -0.3 is 5.32 Å². The fraction of sp³-hybridized carbons (Fsp3) is 1.00. The van der Waals surface area contributed by atoms with Crippen molar-refractivity contribution >= 4 is 15.9 Å². The summed E-state index contributed by atoms with van der Waals surface area (Å²) in [6.45, 7) is 1.24. The van der Waals surface area contributed by atoms with E-state index in [4.69, 9.17) is 0 Å². The van der Waals surface area contributed by atoms with Crippen LogP contribution in [-0.4, -0.2) is 46.6 Å². The predicted octanol–water partition coefficient (Wildman–Crippen LogP) is 6.21. The summed E-state index contributed by atoms with van der Waals surface area (Å²) in [6, 6.07) is 3.08. The van der Waals surface area contributed by atoms with Crippen LogP contribution in [0.4, 0.5) is 0 Å². The molecule has 0 bridgehead atoms. The molecule has 6 rings (SSSR count). The van der Waals surface area contributed by atoms with E-state index in [-0.39, 0.29) is 0 Å². The van der Waals surface area contributed by atoms with Gasteiger partial charge in [-0.3, -0.25) is 10.2 Å². The summed E-state index contributed by atoms with van der Waals surface area (Å²) < 4.78 is 0. The van der Waals surface area contributed by atoms with E-state index in [0.717, 1.165) is 40.6 Å². The van der Waals surface area contributed by atoms with Crippen LogP contribution in [0.1, 0.15) is 109 Å². The zero-order valence-electron chi connectivity index (χ0n) is 20.3. The van der Waals surface area contributed by atoms with E-state index in [1.165, 1.54) is 116 Å². The number of nitrogens with zero attached hydrogens (tertiary/aromatic N) is 1. The molecule has 2 saturated heterocycles. The van der Waals surface area contributed by atoms with E-state index in [9.17, 15) is 0 Å². The first-order chi connectivity index (χ1) is 15.8. The Kier molecular flexibility index (Phi) is 7.23. The van der Waals surface area contributed by atoms with Gasteiger partial charge in [0.05, 0.1) is 6.17 Å². The van der Waals surface area contributed by atoms with Gasteiger partial charge in [0, 0.05) is 35.5 Å². The maximum atomic E-state index is 4.36. The maximum absolute atomic E-state index is 4.36. The number of fused-ring (bicyclic) bond motifs is 3.